The third-order valence-electron chi connectivity index (χ3n) is 6.04. The average Bonchev–Trinajstić information content (AvgIpc) is 2.99. The van der Waals surface area contributed by atoms with Crippen LogP contribution < -0.4 is 9.80 Å². The van der Waals surface area contributed by atoms with Gasteiger partial charge < -0.3 is 4.90 Å². The summed E-state index contributed by atoms with van der Waals surface area (Å²) >= 11 is 0. The van der Waals surface area contributed by atoms with Gasteiger partial charge in [-0.15, -0.1) is 0 Å². The van der Waals surface area contributed by atoms with E-state index in [2.05, 4.69) is 12.1 Å². The van der Waals surface area contributed by atoms with Gasteiger partial charge in [0.25, 0.3) is 0 Å². The summed E-state index contributed by atoms with van der Waals surface area (Å²) in [4.78, 5) is 13.4. The smallest absolute Gasteiger partial charge is 0.186 e. The molecule has 0 amide bonds. The molecule has 0 spiro atoms. The predicted molar refractivity (Wildman–Crippen MR) is 149 cm³/mol. The van der Waals surface area contributed by atoms with Gasteiger partial charge in [0.15, 0.2) is 23.0 Å². The Hall–Kier alpha value is -5.46. The zero-order chi connectivity index (χ0) is 26.2. The molecule has 0 aliphatic heterocycles. The van der Waals surface area contributed by atoms with E-state index in [9.17, 15) is 10.5 Å². The maximum absolute atomic E-state index is 10.2. The van der Waals surface area contributed by atoms with Crippen molar-refractivity contribution in [3.63, 3.8) is 0 Å². The third-order valence-corrected chi connectivity index (χ3v) is 6.04. The first-order valence-corrected chi connectivity index (χ1v) is 12.2. The molecule has 0 aliphatic carbocycles. The van der Waals surface area contributed by atoms with Crippen LogP contribution in [0.5, 0.6) is 0 Å². The maximum Gasteiger partial charge on any atom is 0.186 e. The van der Waals surface area contributed by atoms with Crippen LogP contribution in [-0.4, -0.2) is 9.97 Å². The second kappa shape index (κ2) is 11.5. The third kappa shape index (κ3) is 5.36. The minimum absolute atomic E-state index is 0.137. The van der Waals surface area contributed by atoms with Crippen molar-refractivity contribution in [1.29, 1.82) is 10.5 Å². The van der Waals surface area contributed by atoms with Crippen LogP contribution >= 0.6 is 0 Å². The largest absolute Gasteiger partial charge is 0.346 e. The molecule has 0 saturated carbocycles. The Kier molecular flexibility index (Phi) is 7.35. The van der Waals surface area contributed by atoms with Crippen LogP contribution in [-0.2, 0) is 13.1 Å². The van der Waals surface area contributed by atoms with Crippen molar-refractivity contribution >= 4 is 23.0 Å². The van der Waals surface area contributed by atoms with Crippen LogP contribution in [0.1, 0.15) is 22.5 Å². The summed E-state index contributed by atoms with van der Waals surface area (Å²) in [5.74, 6) is 0.686. The summed E-state index contributed by atoms with van der Waals surface area (Å²) in [5.41, 5.74) is 4.04. The second-order valence-electron chi connectivity index (χ2n) is 8.63. The lowest BCUT2D eigenvalue weighted by Gasteiger charge is -2.28. The molecule has 0 radical (unpaired) electrons. The summed E-state index contributed by atoms with van der Waals surface area (Å²) < 4.78 is 0. The van der Waals surface area contributed by atoms with Crippen molar-refractivity contribution in [2.45, 2.75) is 13.1 Å². The Morgan fingerprint density at radius 2 is 0.868 bits per heavy atom. The highest BCUT2D eigenvalue weighted by Crippen LogP contribution is 2.36. The highest BCUT2D eigenvalue weighted by Gasteiger charge is 2.24. The molecule has 4 aromatic carbocycles. The van der Waals surface area contributed by atoms with Crippen molar-refractivity contribution in [2.24, 2.45) is 0 Å². The molecule has 0 fully saturated rings. The van der Waals surface area contributed by atoms with Gasteiger partial charge in [-0.25, -0.2) is 9.97 Å². The van der Waals surface area contributed by atoms with E-state index in [1.807, 2.05) is 131 Å². The van der Waals surface area contributed by atoms with Crippen molar-refractivity contribution in [3.8, 4) is 12.1 Å². The van der Waals surface area contributed by atoms with Gasteiger partial charge in [-0.05, 0) is 35.4 Å². The van der Waals surface area contributed by atoms with Gasteiger partial charge in [-0.3, -0.25) is 4.90 Å². The minimum Gasteiger partial charge on any atom is -0.346 e. The average molecular weight is 493 g/mol. The SMILES string of the molecule is N#Cc1nc(N(c2ccccc2)c2ccccc2)c(C#N)nc1N(Cc1ccccc1)Cc1ccccc1. The normalized spacial score (nSPS) is 10.3. The number of rotatable bonds is 8. The fourth-order valence-electron chi connectivity index (χ4n) is 4.31. The van der Waals surface area contributed by atoms with E-state index in [1.165, 1.54) is 0 Å². The molecule has 0 saturated heterocycles. The molecular weight excluding hydrogens is 468 g/mol. The quantitative estimate of drug-likeness (QED) is 0.234. The summed E-state index contributed by atoms with van der Waals surface area (Å²) in [6, 6.07) is 43.8. The van der Waals surface area contributed by atoms with Crippen LogP contribution in [0.2, 0.25) is 0 Å². The van der Waals surface area contributed by atoms with E-state index in [0.717, 1.165) is 22.5 Å². The van der Waals surface area contributed by atoms with Gasteiger partial charge >= 0.3 is 0 Å². The predicted octanol–water partition coefficient (Wildman–Crippen LogP) is 6.90. The van der Waals surface area contributed by atoms with Crippen LogP contribution in [0.15, 0.2) is 121 Å². The molecule has 5 aromatic rings. The van der Waals surface area contributed by atoms with Crippen molar-refractivity contribution in [2.75, 3.05) is 9.80 Å². The monoisotopic (exact) mass is 492 g/mol. The molecule has 0 N–H and O–H groups in total. The lowest BCUT2D eigenvalue weighted by molar-refractivity contribution is 0.775. The van der Waals surface area contributed by atoms with Gasteiger partial charge in [0.05, 0.1) is 0 Å². The van der Waals surface area contributed by atoms with Gasteiger partial charge in [0.2, 0.25) is 0 Å². The second-order valence-corrected chi connectivity index (χ2v) is 8.63. The molecule has 1 heterocycles. The molecular formula is C32H24N6. The molecule has 0 unspecified atom stereocenters. The van der Waals surface area contributed by atoms with E-state index in [0.29, 0.717) is 24.7 Å². The number of benzene rings is 4. The van der Waals surface area contributed by atoms with Crippen molar-refractivity contribution in [1.82, 2.24) is 9.97 Å². The van der Waals surface area contributed by atoms with Crippen LogP contribution in [0, 0.1) is 22.7 Å². The molecule has 0 atom stereocenters. The number of nitrogens with zero attached hydrogens (tertiary/aromatic N) is 6. The van der Waals surface area contributed by atoms with E-state index < -0.39 is 0 Å². The number of anilines is 4. The van der Waals surface area contributed by atoms with E-state index >= 15 is 0 Å². The van der Waals surface area contributed by atoms with E-state index in [4.69, 9.17) is 9.97 Å². The lowest BCUT2D eigenvalue weighted by atomic mass is 10.1. The number of nitriles is 2. The molecule has 6 nitrogen and oxygen atoms in total. The lowest BCUT2D eigenvalue weighted by Crippen LogP contribution is -2.26. The summed E-state index contributed by atoms with van der Waals surface area (Å²) in [6.07, 6.45) is 0. The standard InChI is InChI=1S/C32H24N6/c33-21-29-31(37(23-25-13-5-1-6-14-25)24-26-15-7-2-8-16-26)35-30(22-34)32(36-29)38(27-17-9-3-10-18-27)28-19-11-4-12-20-28/h1-20H,23-24H2. The zero-order valence-electron chi connectivity index (χ0n) is 20.6. The van der Waals surface area contributed by atoms with Gasteiger partial charge in [0, 0.05) is 24.5 Å². The summed E-state index contributed by atoms with van der Waals surface area (Å²) in [6.45, 7) is 1.01. The van der Waals surface area contributed by atoms with E-state index in [1.54, 1.807) is 0 Å². The summed E-state index contributed by atoms with van der Waals surface area (Å²) in [7, 11) is 0. The summed E-state index contributed by atoms with van der Waals surface area (Å²) in [5, 5.41) is 20.5. The molecule has 0 bridgehead atoms. The van der Waals surface area contributed by atoms with Crippen LogP contribution in [0.4, 0.5) is 23.0 Å². The first kappa shape index (κ1) is 24.2. The fourth-order valence-corrected chi connectivity index (χ4v) is 4.31. The first-order chi connectivity index (χ1) is 18.8. The number of para-hydroxylation sites is 2. The molecule has 6 heteroatoms. The van der Waals surface area contributed by atoms with Gasteiger partial charge in [-0.2, -0.15) is 10.5 Å². The van der Waals surface area contributed by atoms with Gasteiger partial charge in [0.1, 0.15) is 12.1 Å². The minimum atomic E-state index is 0.137. The Labute approximate surface area is 222 Å². The highest BCUT2D eigenvalue weighted by molar-refractivity contribution is 5.77. The number of hydrogen-bond donors (Lipinski definition) is 0. The fraction of sp³-hybridized carbons (Fsp3) is 0.0625. The zero-order valence-corrected chi connectivity index (χ0v) is 20.6. The van der Waals surface area contributed by atoms with Crippen LogP contribution in [0.3, 0.4) is 0 Å². The molecule has 182 valence electrons. The Morgan fingerprint density at radius 1 is 0.500 bits per heavy atom. The first-order valence-electron chi connectivity index (χ1n) is 12.2. The molecule has 1 aromatic heterocycles. The number of hydrogen-bond acceptors (Lipinski definition) is 6. The molecule has 5 rings (SSSR count). The Bertz CT molecular complexity index is 1490. The topological polar surface area (TPSA) is 79.8 Å². The van der Waals surface area contributed by atoms with Gasteiger partial charge in [-0.1, -0.05) is 97.1 Å². The molecule has 0 aliphatic rings. The Balaban J connectivity index is 1.65. The van der Waals surface area contributed by atoms with Crippen molar-refractivity contribution < 1.29 is 0 Å². The van der Waals surface area contributed by atoms with Crippen molar-refractivity contribution in [3.05, 3.63) is 144 Å². The maximum atomic E-state index is 10.2. The number of aromatic nitrogens is 2. The Morgan fingerprint density at radius 3 is 1.29 bits per heavy atom. The molecule has 38 heavy (non-hydrogen) atoms. The van der Waals surface area contributed by atoms with Crippen LogP contribution in [0.25, 0.3) is 0 Å². The highest BCUT2D eigenvalue weighted by atomic mass is 15.3. The van der Waals surface area contributed by atoms with E-state index in [-0.39, 0.29) is 11.4 Å².